The van der Waals surface area contributed by atoms with Crippen molar-refractivity contribution in [2.24, 2.45) is 10.9 Å². The Balaban J connectivity index is 3.16. The van der Waals surface area contributed by atoms with Crippen LogP contribution < -0.4 is 10.6 Å². The van der Waals surface area contributed by atoms with Gasteiger partial charge >= 0.3 is 0 Å². The fourth-order valence-corrected chi connectivity index (χ4v) is 2.24. The van der Waals surface area contributed by atoms with Crippen LogP contribution in [0.4, 0.5) is 10.1 Å². The number of hydrogen-bond acceptors (Lipinski definition) is 3. The SMILES string of the molecule is CCCCCN(c1cccc(F)c1C(N)=NO)C(C)C. The molecule has 0 aromatic heterocycles. The van der Waals surface area contributed by atoms with Gasteiger partial charge in [0, 0.05) is 12.6 Å². The van der Waals surface area contributed by atoms with E-state index in [4.69, 9.17) is 10.9 Å². The molecule has 1 rings (SSSR count). The van der Waals surface area contributed by atoms with Gasteiger partial charge in [0.1, 0.15) is 5.82 Å². The zero-order valence-corrected chi connectivity index (χ0v) is 12.4. The molecule has 0 spiro atoms. The van der Waals surface area contributed by atoms with E-state index >= 15 is 0 Å². The Bertz CT molecular complexity index is 460. The van der Waals surface area contributed by atoms with Gasteiger partial charge in [-0.1, -0.05) is 31.0 Å². The molecule has 0 bridgehead atoms. The van der Waals surface area contributed by atoms with E-state index in [9.17, 15) is 4.39 Å². The van der Waals surface area contributed by atoms with Crippen LogP contribution in [-0.2, 0) is 0 Å². The van der Waals surface area contributed by atoms with Crippen molar-refractivity contribution in [1.82, 2.24) is 0 Å². The van der Waals surface area contributed by atoms with Crippen LogP contribution in [0, 0.1) is 5.82 Å². The quantitative estimate of drug-likeness (QED) is 0.265. The molecule has 0 unspecified atom stereocenters. The lowest BCUT2D eigenvalue weighted by molar-refractivity contribution is 0.318. The van der Waals surface area contributed by atoms with E-state index in [0.29, 0.717) is 5.69 Å². The van der Waals surface area contributed by atoms with Crippen molar-refractivity contribution < 1.29 is 9.60 Å². The zero-order valence-electron chi connectivity index (χ0n) is 12.4. The summed E-state index contributed by atoms with van der Waals surface area (Å²) in [5, 5.41) is 11.8. The molecule has 0 amide bonds. The molecule has 3 N–H and O–H groups in total. The summed E-state index contributed by atoms with van der Waals surface area (Å²) in [7, 11) is 0. The highest BCUT2D eigenvalue weighted by atomic mass is 19.1. The van der Waals surface area contributed by atoms with Gasteiger partial charge in [-0.15, -0.1) is 0 Å². The number of oxime groups is 1. The predicted octanol–water partition coefficient (Wildman–Crippen LogP) is 3.33. The molecule has 0 saturated heterocycles. The fraction of sp³-hybridized carbons (Fsp3) is 0.533. The maximum atomic E-state index is 14.0. The van der Waals surface area contributed by atoms with E-state index < -0.39 is 5.82 Å². The van der Waals surface area contributed by atoms with Crippen molar-refractivity contribution in [3.8, 4) is 0 Å². The summed E-state index contributed by atoms with van der Waals surface area (Å²) in [6.45, 7) is 7.06. The van der Waals surface area contributed by atoms with Gasteiger partial charge < -0.3 is 15.8 Å². The van der Waals surface area contributed by atoms with Crippen LogP contribution in [0.1, 0.15) is 45.6 Å². The molecule has 5 heteroatoms. The van der Waals surface area contributed by atoms with Gasteiger partial charge in [-0.2, -0.15) is 0 Å². The monoisotopic (exact) mass is 281 g/mol. The number of anilines is 1. The maximum absolute atomic E-state index is 14.0. The number of benzene rings is 1. The largest absolute Gasteiger partial charge is 0.409 e. The van der Waals surface area contributed by atoms with Crippen molar-refractivity contribution >= 4 is 11.5 Å². The molecule has 0 atom stereocenters. The summed E-state index contributed by atoms with van der Waals surface area (Å²) < 4.78 is 14.0. The topological polar surface area (TPSA) is 61.8 Å². The normalized spacial score (nSPS) is 11.9. The molecule has 0 aliphatic carbocycles. The van der Waals surface area contributed by atoms with Crippen LogP contribution in [0.25, 0.3) is 0 Å². The molecule has 1 aromatic rings. The van der Waals surface area contributed by atoms with E-state index in [0.717, 1.165) is 25.8 Å². The molecule has 0 radical (unpaired) electrons. The van der Waals surface area contributed by atoms with E-state index in [-0.39, 0.29) is 17.4 Å². The summed E-state index contributed by atoms with van der Waals surface area (Å²) in [5.74, 6) is -0.668. The highest BCUT2D eigenvalue weighted by Crippen LogP contribution is 2.25. The van der Waals surface area contributed by atoms with Crippen LogP contribution in [-0.4, -0.2) is 23.6 Å². The number of unbranched alkanes of at least 4 members (excludes halogenated alkanes) is 2. The van der Waals surface area contributed by atoms with Gasteiger partial charge in [-0.3, -0.25) is 0 Å². The van der Waals surface area contributed by atoms with Gasteiger partial charge in [0.15, 0.2) is 5.84 Å². The van der Waals surface area contributed by atoms with Gasteiger partial charge in [0.25, 0.3) is 0 Å². The molecule has 0 saturated carbocycles. The average molecular weight is 281 g/mol. The molecular weight excluding hydrogens is 257 g/mol. The number of rotatable bonds is 7. The minimum absolute atomic E-state index is 0.167. The first-order valence-electron chi connectivity index (χ1n) is 7.06. The van der Waals surface area contributed by atoms with Gasteiger partial charge in [-0.25, -0.2) is 4.39 Å². The molecule has 112 valence electrons. The number of halogens is 1. The van der Waals surface area contributed by atoms with Crippen LogP contribution in [0.15, 0.2) is 23.4 Å². The van der Waals surface area contributed by atoms with Crippen LogP contribution >= 0.6 is 0 Å². The molecular formula is C15H24FN3O. The summed E-state index contributed by atoms with van der Waals surface area (Å²) in [6.07, 6.45) is 3.28. The molecule has 0 aliphatic heterocycles. The van der Waals surface area contributed by atoms with E-state index in [1.165, 1.54) is 6.07 Å². The standard InChI is InChI=1S/C15H24FN3O/c1-4-5-6-10-19(11(2)3)13-9-7-8-12(16)14(13)15(17)18-20/h7-9,11,20H,4-6,10H2,1-3H3,(H2,17,18). The number of amidine groups is 1. The lowest BCUT2D eigenvalue weighted by Gasteiger charge is -2.31. The highest BCUT2D eigenvalue weighted by molar-refractivity contribution is 6.02. The third kappa shape index (κ3) is 3.85. The lowest BCUT2D eigenvalue weighted by Crippen LogP contribution is -2.34. The molecule has 0 heterocycles. The Morgan fingerprint density at radius 2 is 2.10 bits per heavy atom. The number of nitrogens with two attached hydrogens (primary N) is 1. The third-order valence-corrected chi connectivity index (χ3v) is 3.29. The van der Waals surface area contributed by atoms with Crippen LogP contribution in [0.5, 0.6) is 0 Å². The highest BCUT2D eigenvalue weighted by Gasteiger charge is 2.19. The summed E-state index contributed by atoms with van der Waals surface area (Å²) in [4.78, 5) is 2.09. The van der Waals surface area contributed by atoms with E-state index in [2.05, 4.69) is 17.0 Å². The second kappa shape index (κ2) is 7.72. The second-order valence-corrected chi connectivity index (χ2v) is 5.11. The number of nitrogens with zero attached hydrogens (tertiary/aromatic N) is 2. The Hall–Kier alpha value is -1.78. The Kier molecular flexibility index (Phi) is 6.28. The van der Waals surface area contributed by atoms with Gasteiger partial charge in [0.2, 0.25) is 0 Å². The first-order valence-corrected chi connectivity index (χ1v) is 7.06. The predicted molar refractivity (Wildman–Crippen MR) is 80.9 cm³/mol. The maximum Gasteiger partial charge on any atom is 0.175 e. The molecule has 20 heavy (non-hydrogen) atoms. The zero-order chi connectivity index (χ0) is 15.1. The van der Waals surface area contributed by atoms with Gasteiger partial charge in [0.05, 0.1) is 11.3 Å². The summed E-state index contributed by atoms with van der Waals surface area (Å²) in [6, 6.07) is 4.98. The van der Waals surface area contributed by atoms with Gasteiger partial charge in [-0.05, 0) is 32.4 Å². The van der Waals surface area contributed by atoms with E-state index in [1.807, 2.05) is 19.9 Å². The minimum Gasteiger partial charge on any atom is -0.409 e. The van der Waals surface area contributed by atoms with Crippen molar-refractivity contribution in [3.63, 3.8) is 0 Å². The molecule has 1 aromatic carbocycles. The fourth-order valence-electron chi connectivity index (χ4n) is 2.24. The molecule has 0 aliphatic rings. The van der Waals surface area contributed by atoms with E-state index in [1.54, 1.807) is 6.07 Å². The average Bonchev–Trinajstić information content (AvgIpc) is 2.42. The molecule has 4 nitrogen and oxygen atoms in total. The lowest BCUT2D eigenvalue weighted by atomic mass is 10.1. The third-order valence-electron chi connectivity index (χ3n) is 3.29. The van der Waals surface area contributed by atoms with Crippen molar-refractivity contribution in [1.29, 1.82) is 0 Å². The first-order chi connectivity index (χ1) is 9.52. The van der Waals surface area contributed by atoms with Crippen molar-refractivity contribution in [2.45, 2.75) is 46.1 Å². The minimum atomic E-state index is -0.473. The second-order valence-electron chi connectivity index (χ2n) is 5.11. The smallest absolute Gasteiger partial charge is 0.175 e. The number of hydrogen-bond donors (Lipinski definition) is 2. The van der Waals surface area contributed by atoms with Crippen LogP contribution in [0.2, 0.25) is 0 Å². The Labute approximate surface area is 120 Å². The Morgan fingerprint density at radius 3 is 2.65 bits per heavy atom. The Morgan fingerprint density at radius 1 is 1.40 bits per heavy atom. The van der Waals surface area contributed by atoms with Crippen molar-refractivity contribution in [3.05, 3.63) is 29.6 Å². The summed E-state index contributed by atoms with van der Waals surface area (Å²) >= 11 is 0. The summed E-state index contributed by atoms with van der Waals surface area (Å²) in [5.41, 5.74) is 6.46. The van der Waals surface area contributed by atoms with Crippen LogP contribution in [0.3, 0.4) is 0 Å². The first kappa shape index (κ1) is 16.3. The molecule has 0 fully saturated rings. The van der Waals surface area contributed by atoms with Crippen molar-refractivity contribution in [2.75, 3.05) is 11.4 Å².